The summed E-state index contributed by atoms with van der Waals surface area (Å²) in [6.45, 7) is 7.18. The van der Waals surface area contributed by atoms with E-state index in [1.165, 1.54) is 24.1 Å². The van der Waals surface area contributed by atoms with Gasteiger partial charge in [0, 0.05) is 57.7 Å². The molecule has 6 nitrogen and oxygen atoms in total. The molecule has 0 atom stereocenters. The fourth-order valence-electron chi connectivity index (χ4n) is 6.05. The number of carbonyl (C=O) groups excluding carboxylic acids is 2. The second-order valence-corrected chi connectivity index (χ2v) is 10.9. The van der Waals surface area contributed by atoms with Gasteiger partial charge in [-0.15, -0.1) is 0 Å². The molecular formula is C33H40N4O2. The van der Waals surface area contributed by atoms with Crippen molar-refractivity contribution in [3.8, 4) is 11.1 Å². The first kappa shape index (κ1) is 26.9. The van der Waals surface area contributed by atoms with Crippen molar-refractivity contribution in [1.29, 1.82) is 0 Å². The monoisotopic (exact) mass is 524 g/mol. The van der Waals surface area contributed by atoms with Gasteiger partial charge in [-0.05, 0) is 73.6 Å². The minimum atomic E-state index is -0.784. The van der Waals surface area contributed by atoms with Gasteiger partial charge in [0.2, 0.25) is 0 Å². The summed E-state index contributed by atoms with van der Waals surface area (Å²) in [5.41, 5.74) is 4.80. The predicted octanol–water partition coefficient (Wildman–Crippen LogP) is 6.07. The van der Waals surface area contributed by atoms with E-state index < -0.39 is 5.54 Å². The van der Waals surface area contributed by atoms with Crippen LogP contribution in [0.15, 0.2) is 78.9 Å². The van der Waals surface area contributed by atoms with Crippen LogP contribution in [-0.2, 0) is 11.3 Å². The summed E-state index contributed by atoms with van der Waals surface area (Å²) in [5, 5.41) is 0. The SMILES string of the molecule is CCN(C(=O)N(C)c1cccc(-c2ccccc2)c1)C1(C=O)CCN(Cc2ccc(N3CCCC3)cc2)CC1. The Morgan fingerprint density at radius 3 is 2.18 bits per heavy atom. The number of rotatable bonds is 8. The zero-order chi connectivity index (χ0) is 27.2. The Labute approximate surface area is 232 Å². The number of anilines is 2. The molecule has 2 aliphatic heterocycles. The van der Waals surface area contributed by atoms with E-state index in [2.05, 4.69) is 52.3 Å². The third kappa shape index (κ3) is 5.86. The van der Waals surface area contributed by atoms with Crippen LogP contribution in [0.25, 0.3) is 11.1 Å². The third-order valence-electron chi connectivity index (χ3n) is 8.47. The van der Waals surface area contributed by atoms with E-state index in [1.54, 1.807) is 16.8 Å². The number of urea groups is 1. The van der Waals surface area contributed by atoms with Crippen LogP contribution in [0.4, 0.5) is 16.2 Å². The first-order valence-electron chi connectivity index (χ1n) is 14.3. The van der Waals surface area contributed by atoms with E-state index in [0.29, 0.717) is 19.4 Å². The van der Waals surface area contributed by atoms with Gasteiger partial charge in [0.1, 0.15) is 11.8 Å². The minimum Gasteiger partial charge on any atom is -0.372 e. The Kier molecular flexibility index (Phi) is 8.32. The molecule has 0 unspecified atom stereocenters. The number of likely N-dealkylation sites (N-methyl/N-ethyl adjacent to an activating group) is 1. The first-order chi connectivity index (χ1) is 19.0. The second kappa shape index (κ2) is 12.0. The van der Waals surface area contributed by atoms with Crippen molar-refractivity contribution in [2.45, 2.75) is 44.7 Å². The molecule has 6 heteroatoms. The van der Waals surface area contributed by atoms with E-state index in [4.69, 9.17) is 0 Å². The number of nitrogens with zero attached hydrogens (tertiary/aromatic N) is 4. The van der Waals surface area contributed by atoms with Crippen LogP contribution in [0.3, 0.4) is 0 Å². The van der Waals surface area contributed by atoms with Crippen LogP contribution in [0.2, 0.25) is 0 Å². The largest absolute Gasteiger partial charge is 0.372 e. The first-order valence-corrected chi connectivity index (χ1v) is 14.3. The number of carbonyl (C=O) groups is 2. The lowest BCUT2D eigenvalue weighted by atomic mass is 9.87. The summed E-state index contributed by atoms with van der Waals surface area (Å²) in [4.78, 5) is 34.7. The lowest BCUT2D eigenvalue weighted by Gasteiger charge is -2.46. The van der Waals surface area contributed by atoms with Crippen molar-refractivity contribution in [3.05, 3.63) is 84.4 Å². The average molecular weight is 525 g/mol. The van der Waals surface area contributed by atoms with Gasteiger partial charge in [-0.2, -0.15) is 0 Å². The van der Waals surface area contributed by atoms with E-state index in [1.807, 2.05) is 43.3 Å². The Morgan fingerprint density at radius 1 is 0.872 bits per heavy atom. The highest BCUT2D eigenvalue weighted by atomic mass is 16.2. The Morgan fingerprint density at radius 2 is 1.54 bits per heavy atom. The van der Waals surface area contributed by atoms with Crippen LogP contribution in [-0.4, -0.2) is 67.4 Å². The van der Waals surface area contributed by atoms with Gasteiger partial charge in [-0.25, -0.2) is 4.79 Å². The van der Waals surface area contributed by atoms with Gasteiger partial charge in [-0.3, -0.25) is 9.80 Å². The van der Waals surface area contributed by atoms with Crippen LogP contribution in [0.1, 0.15) is 38.2 Å². The number of likely N-dealkylation sites (tertiary alicyclic amines) is 1. The number of amides is 2. The van der Waals surface area contributed by atoms with Gasteiger partial charge < -0.3 is 14.6 Å². The fraction of sp³-hybridized carbons (Fsp3) is 0.394. The molecule has 2 heterocycles. The van der Waals surface area contributed by atoms with Crippen LogP contribution < -0.4 is 9.80 Å². The Balaban J connectivity index is 1.24. The standard InChI is InChI=1S/C33H40N4O2/c1-3-37(32(39)34(2)31-13-9-12-29(24-31)28-10-5-4-6-11-28)33(26-38)18-22-35(23-19-33)25-27-14-16-30(17-15-27)36-20-7-8-21-36/h4-6,9-17,24,26H,3,7-8,18-23,25H2,1-2H3. The summed E-state index contributed by atoms with van der Waals surface area (Å²) in [6, 6.07) is 27.0. The van der Waals surface area contributed by atoms with Crippen molar-refractivity contribution < 1.29 is 9.59 Å². The molecule has 0 aliphatic carbocycles. The van der Waals surface area contributed by atoms with Crippen molar-refractivity contribution in [3.63, 3.8) is 0 Å². The highest BCUT2D eigenvalue weighted by Gasteiger charge is 2.42. The van der Waals surface area contributed by atoms with Crippen LogP contribution in [0.5, 0.6) is 0 Å². The number of piperidine rings is 1. The number of aldehydes is 1. The molecule has 5 rings (SSSR count). The molecule has 204 valence electrons. The zero-order valence-corrected chi connectivity index (χ0v) is 23.3. The molecule has 2 amide bonds. The maximum atomic E-state index is 13.8. The minimum absolute atomic E-state index is 0.138. The Hall–Kier alpha value is -3.64. The summed E-state index contributed by atoms with van der Waals surface area (Å²) in [5.74, 6) is 0. The molecule has 2 aliphatic rings. The molecule has 0 aromatic heterocycles. The number of hydrogen-bond acceptors (Lipinski definition) is 4. The van der Waals surface area contributed by atoms with Gasteiger partial charge >= 0.3 is 6.03 Å². The van der Waals surface area contributed by atoms with Crippen molar-refractivity contribution >= 4 is 23.7 Å². The van der Waals surface area contributed by atoms with E-state index >= 15 is 0 Å². The van der Waals surface area contributed by atoms with E-state index in [0.717, 1.165) is 55.8 Å². The third-order valence-corrected chi connectivity index (χ3v) is 8.47. The Bertz CT molecular complexity index is 1250. The number of benzene rings is 3. The van der Waals surface area contributed by atoms with E-state index in [9.17, 15) is 9.59 Å². The highest BCUT2D eigenvalue weighted by Crippen LogP contribution is 2.31. The van der Waals surface area contributed by atoms with Crippen molar-refractivity contribution in [1.82, 2.24) is 9.80 Å². The molecular weight excluding hydrogens is 484 g/mol. The second-order valence-electron chi connectivity index (χ2n) is 10.9. The molecule has 0 bridgehead atoms. The van der Waals surface area contributed by atoms with E-state index in [-0.39, 0.29) is 6.03 Å². The summed E-state index contributed by atoms with van der Waals surface area (Å²) < 4.78 is 0. The maximum absolute atomic E-state index is 13.8. The molecule has 0 spiro atoms. The highest BCUT2D eigenvalue weighted by molar-refractivity contribution is 5.94. The van der Waals surface area contributed by atoms with Crippen LogP contribution in [0, 0.1) is 0 Å². The van der Waals surface area contributed by atoms with Crippen LogP contribution >= 0.6 is 0 Å². The fourth-order valence-corrected chi connectivity index (χ4v) is 6.05. The molecule has 3 aromatic carbocycles. The van der Waals surface area contributed by atoms with Gasteiger partial charge in [0.25, 0.3) is 0 Å². The molecule has 0 radical (unpaired) electrons. The maximum Gasteiger partial charge on any atom is 0.325 e. The van der Waals surface area contributed by atoms with Crippen molar-refractivity contribution in [2.24, 2.45) is 0 Å². The predicted molar refractivity (Wildman–Crippen MR) is 159 cm³/mol. The van der Waals surface area contributed by atoms with Crippen molar-refractivity contribution in [2.75, 3.05) is 49.6 Å². The smallest absolute Gasteiger partial charge is 0.325 e. The summed E-state index contributed by atoms with van der Waals surface area (Å²) in [6.07, 6.45) is 4.85. The van der Waals surface area contributed by atoms with Gasteiger partial charge in [-0.1, -0.05) is 54.6 Å². The normalized spacial score (nSPS) is 17.1. The summed E-state index contributed by atoms with van der Waals surface area (Å²) in [7, 11) is 1.80. The lowest BCUT2D eigenvalue weighted by molar-refractivity contribution is -0.119. The number of hydrogen-bond donors (Lipinski definition) is 0. The molecule has 0 N–H and O–H groups in total. The molecule has 2 fully saturated rings. The molecule has 0 saturated carbocycles. The summed E-state index contributed by atoms with van der Waals surface area (Å²) >= 11 is 0. The quantitative estimate of drug-likeness (QED) is 0.336. The zero-order valence-electron chi connectivity index (χ0n) is 23.3. The topological polar surface area (TPSA) is 47.1 Å². The lowest BCUT2D eigenvalue weighted by Crippen LogP contribution is -2.60. The van der Waals surface area contributed by atoms with Gasteiger partial charge in [0.15, 0.2) is 0 Å². The molecule has 3 aromatic rings. The van der Waals surface area contributed by atoms with Gasteiger partial charge in [0.05, 0.1) is 0 Å². The molecule has 2 saturated heterocycles. The average Bonchev–Trinajstić information content (AvgIpc) is 3.54. The molecule has 39 heavy (non-hydrogen) atoms.